The van der Waals surface area contributed by atoms with Gasteiger partial charge in [-0.1, -0.05) is 19.3 Å². The Morgan fingerprint density at radius 2 is 1.71 bits per heavy atom. The van der Waals surface area contributed by atoms with Crippen molar-refractivity contribution in [1.82, 2.24) is 9.80 Å². The molecule has 1 saturated carbocycles. The number of piperidine rings is 1. The second-order valence-corrected chi connectivity index (χ2v) is 9.22. The van der Waals surface area contributed by atoms with Crippen LogP contribution in [0.2, 0.25) is 0 Å². The topological polar surface area (TPSA) is 40.6 Å². The zero-order valence-electron chi connectivity index (χ0n) is 13.8. The lowest BCUT2D eigenvalue weighted by atomic mass is 9.93. The number of nitrogens with zero attached hydrogens (tertiary/aromatic N) is 2. The smallest absolute Gasteiger partial charge is 0.151 e. The van der Waals surface area contributed by atoms with Crippen LogP contribution in [0.15, 0.2) is 0 Å². The third kappa shape index (κ3) is 5.22. The molecule has 1 saturated heterocycles. The molecular formula is C16H32N2O2S. The molecule has 0 radical (unpaired) electrons. The zero-order chi connectivity index (χ0) is 15.3. The number of hydrogen-bond donors (Lipinski definition) is 0. The number of hydrogen-bond acceptors (Lipinski definition) is 4. The van der Waals surface area contributed by atoms with Gasteiger partial charge in [0, 0.05) is 12.3 Å². The maximum absolute atomic E-state index is 12.0. The van der Waals surface area contributed by atoms with Crippen LogP contribution >= 0.6 is 0 Å². The molecule has 0 N–H and O–H groups in total. The zero-order valence-corrected chi connectivity index (χ0v) is 14.6. The van der Waals surface area contributed by atoms with Crippen LogP contribution in [0.25, 0.3) is 0 Å². The predicted octanol–water partition coefficient (Wildman–Crippen LogP) is 2.15. The first-order valence-corrected chi connectivity index (χ1v) is 10.6. The van der Waals surface area contributed by atoms with E-state index < -0.39 is 9.84 Å². The standard InChI is InChI=1S/C16H32N2O2S/c1-17(11-8-14-18-12-6-3-7-13-18)15-9-4-5-10-16(15)21(2,19)20/h15-16H,3-14H2,1-2H3/t15-,16+/m1/s1. The van der Waals surface area contributed by atoms with Gasteiger partial charge < -0.3 is 9.80 Å². The Morgan fingerprint density at radius 1 is 1.05 bits per heavy atom. The summed E-state index contributed by atoms with van der Waals surface area (Å²) in [6, 6.07) is 0.232. The van der Waals surface area contributed by atoms with Crippen molar-refractivity contribution in [3.8, 4) is 0 Å². The van der Waals surface area contributed by atoms with E-state index >= 15 is 0 Å². The maximum atomic E-state index is 12.0. The van der Waals surface area contributed by atoms with E-state index in [1.165, 1.54) is 51.6 Å². The van der Waals surface area contributed by atoms with Crippen LogP contribution in [-0.4, -0.2) is 69.0 Å². The molecule has 1 aliphatic heterocycles. The molecule has 2 fully saturated rings. The van der Waals surface area contributed by atoms with E-state index in [-0.39, 0.29) is 11.3 Å². The molecule has 0 unspecified atom stereocenters. The van der Waals surface area contributed by atoms with Crippen molar-refractivity contribution < 1.29 is 8.42 Å². The summed E-state index contributed by atoms with van der Waals surface area (Å²) in [4.78, 5) is 4.88. The highest BCUT2D eigenvalue weighted by Gasteiger charge is 2.34. The summed E-state index contributed by atoms with van der Waals surface area (Å²) in [5.41, 5.74) is 0. The van der Waals surface area contributed by atoms with E-state index in [0.29, 0.717) is 0 Å². The molecule has 0 aromatic carbocycles. The molecule has 124 valence electrons. The minimum absolute atomic E-state index is 0.147. The highest BCUT2D eigenvalue weighted by Crippen LogP contribution is 2.27. The monoisotopic (exact) mass is 316 g/mol. The van der Waals surface area contributed by atoms with Gasteiger partial charge in [0.1, 0.15) is 0 Å². The summed E-state index contributed by atoms with van der Waals surface area (Å²) in [6.45, 7) is 4.69. The Morgan fingerprint density at radius 3 is 2.38 bits per heavy atom. The Balaban J connectivity index is 1.79. The molecular weight excluding hydrogens is 284 g/mol. The molecule has 0 spiro atoms. The number of rotatable bonds is 6. The second-order valence-electron chi connectivity index (χ2n) is 6.96. The second kappa shape index (κ2) is 7.93. The molecule has 2 rings (SSSR count). The lowest BCUT2D eigenvalue weighted by Crippen LogP contribution is -2.47. The van der Waals surface area contributed by atoms with Crippen LogP contribution in [0.5, 0.6) is 0 Å². The van der Waals surface area contributed by atoms with Gasteiger partial charge in [0.25, 0.3) is 0 Å². The van der Waals surface area contributed by atoms with Gasteiger partial charge in [-0.2, -0.15) is 0 Å². The fourth-order valence-electron chi connectivity index (χ4n) is 3.97. The van der Waals surface area contributed by atoms with Gasteiger partial charge in [-0.05, 0) is 65.3 Å². The summed E-state index contributed by atoms with van der Waals surface area (Å²) in [6.07, 6.45) is 10.8. The molecule has 21 heavy (non-hydrogen) atoms. The van der Waals surface area contributed by atoms with Gasteiger partial charge in [0.2, 0.25) is 0 Å². The molecule has 4 nitrogen and oxygen atoms in total. The average molecular weight is 317 g/mol. The third-order valence-electron chi connectivity index (χ3n) is 5.22. The van der Waals surface area contributed by atoms with E-state index in [9.17, 15) is 8.42 Å². The van der Waals surface area contributed by atoms with Crippen molar-refractivity contribution in [2.75, 3.05) is 39.5 Å². The van der Waals surface area contributed by atoms with Crippen LogP contribution in [-0.2, 0) is 9.84 Å². The quantitative estimate of drug-likeness (QED) is 0.753. The molecule has 2 aliphatic rings. The first kappa shape index (κ1) is 17.2. The maximum Gasteiger partial charge on any atom is 0.151 e. The molecule has 2 atom stereocenters. The molecule has 0 bridgehead atoms. The highest BCUT2D eigenvalue weighted by atomic mass is 32.2. The largest absolute Gasteiger partial charge is 0.303 e. The highest BCUT2D eigenvalue weighted by molar-refractivity contribution is 7.91. The molecule has 0 aromatic heterocycles. The summed E-state index contributed by atoms with van der Waals surface area (Å²) in [5.74, 6) is 0. The Kier molecular flexibility index (Phi) is 6.51. The molecule has 1 aliphatic carbocycles. The normalized spacial score (nSPS) is 28.9. The van der Waals surface area contributed by atoms with Gasteiger partial charge in [-0.3, -0.25) is 0 Å². The average Bonchev–Trinajstić information content (AvgIpc) is 2.47. The van der Waals surface area contributed by atoms with Crippen LogP contribution in [0.1, 0.15) is 51.4 Å². The minimum atomic E-state index is -2.92. The number of sulfone groups is 1. The van der Waals surface area contributed by atoms with Gasteiger partial charge in [-0.25, -0.2) is 8.42 Å². The third-order valence-corrected chi connectivity index (χ3v) is 6.87. The van der Waals surface area contributed by atoms with Crippen molar-refractivity contribution >= 4 is 9.84 Å². The van der Waals surface area contributed by atoms with E-state index in [2.05, 4.69) is 16.8 Å². The molecule has 1 heterocycles. The first-order chi connectivity index (χ1) is 9.98. The SMILES string of the molecule is CN(CCCN1CCCCC1)[C@@H]1CCCC[C@@H]1S(C)(=O)=O. The lowest BCUT2D eigenvalue weighted by Gasteiger charge is -2.37. The minimum Gasteiger partial charge on any atom is -0.303 e. The van der Waals surface area contributed by atoms with E-state index in [1.54, 1.807) is 0 Å². The Bertz CT molecular complexity index is 405. The van der Waals surface area contributed by atoms with Gasteiger partial charge >= 0.3 is 0 Å². The van der Waals surface area contributed by atoms with E-state index in [0.717, 1.165) is 32.2 Å². The van der Waals surface area contributed by atoms with Crippen LogP contribution in [0.3, 0.4) is 0 Å². The predicted molar refractivity (Wildman–Crippen MR) is 88.4 cm³/mol. The summed E-state index contributed by atoms with van der Waals surface area (Å²) < 4.78 is 24.0. The van der Waals surface area contributed by atoms with Crippen molar-refractivity contribution in [2.24, 2.45) is 0 Å². The first-order valence-electron chi connectivity index (χ1n) is 8.60. The Labute approximate surface area is 130 Å². The van der Waals surface area contributed by atoms with E-state index in [4.69, 9.17) is 0 Å². The fraction of sp³-hybridized carbons (Fsp3) is 1.00. The summed E-state index contributed by atoms with van der Waals surface area (Å²) in [7, 11) is -0.802. The van der Waals surface area contributed by atoms with Gasteiger partial charge in [-0.15, -0.1) is 0 Å². The Hall–Kier alpha value is -0.130. The number of likely N-dealkylation sites (tertiary alicyclic amines) is 1. The van der Waals surface area contributed by atoms with Gasteiger partial charge in [0.15, 0.2) is 9.84 Å². The molecule has 0 amide bonds. The van der Waals surface area contributed by atoms with Gasteiger partial charge in [0.05, 0.1) is 5.25 Å². The van der Waals surface area contributed by atoms with Crippen molar-refractivity contribution in [3.63, 3.8) is 0 Å². The van der Waals surface area contributed by atoms with Crippen LogP contribution < -0.4 is 0 Å². The summed E-state index contributed by atoms with van der Waals surface area (Å²) >= 11 is 0. The fourth-order valence-corrected chi connectivity index (χ4v) is 5.48. The van der Waals surface area contributed by atoms with Crippen molar-refractivity contribution in [2.45, 2.75) is 62.7 Å². The lowest BCUT2D eigenvalue weighted by molar-refractivity contribution is 0.171. The molecule has 0 aromatic rings. The van der Waals surface area contributed by atoms with Crippen molar-refractivity contribution in [1.29, 1.82) is 0 Å². The van der Waals surface area contributed by atoms with Crippen molar-refractivity contribution in [3.05, 3.63) is 0 Å². The molecule has 5 heteroatoms. The van der Waals surface area contributed by atoms with Crippen LogP contribution in [0.4, 0.5) is 0 Å². The van der Waals surface area contributed by atoms with Crippen LogP contribution in [0, 0.1) is 0 Å². The van der Waals surface area contributed by atoms with E-state index in [1.807, 2.05) is 0 Å². The summed E-state index contributed by atoms with van der Waals surface area (Å²) in [5, 5.41) is -0.147.